The summed E-state index contributed by atoms with van der Waals surface area (Å²) < 4.78 is 24.0. The average molecular weight is 732 g/mol. The van der Waals surface area contributed by atoms with Crippen molar-refractivity contribution in [3.8, 4) is 17.0 Å². The van der Waals surface area contributed by atoms with Gasteiger partial charge in [0.25, 0.3) is 5.91 Å². The molecule has 12 heteroatoms. The number of amides is 2. The van der Waals surface area contributed by atoms with Gasteiger partial charge in [-0.15, -0.1) is 0 Å². The Morgan fingerprint density at radius 3 is 2.44 bits per heavy atom. The van der Waals surface area contributed by atoms with Gasteiger partial charge in [-0.25, -0.2) is 9.10 Å². The van der Waals surface area contributed by atoms with Crippen molar-refractivity contribution in [3.05, 3.63) is 53.1 Å². The number of piperazine rings is 1. The Hall–Kier alpha value is -3.74. The number of carbonyl (C=O) groups is 3. The molecule has 3 fully saturated rings. The van der Waals surface area contributed by atoms with Crippen LogP contribution < -0.4 is 9.46 Å². The number of rotatable bonds is 9. The number of likely N-dealkylation sites (N-methyl/N-ethyl adjacent to an activating group) is 1. The fourth-order valence-corrected chi connectivity index (χ4v) is 9.13. The van der Waals surface area contributed by atoms with Gasteiger partial charge < -0.3 is 23.7 Å². The molecule has 2 atom stereocenters. The number of methoxy groups -OCH3 is 2. The van der Waals surface area contributed by atoms with Crippen LogP contribution in [0.1, 0.15) is 92.6 Å². The van der Waals surface area contributed by atoms with E-state index < -0.39 is 11.0 Å². The van der Waals surface area contributed by atoms with Gasteiger partial charge in [-0.05, 0) is 94.5 Å². The van der Waals surface area contributed by atoms with Crippen LogP contribution in [0.4, 0.5) is 4.79 Å². The van der Waals surface area contributed by atoms with Gasteiger partial charge in [0.15, 0.2) is 0 Å². The second-order valence-corrected chi connectivity index (χ2v) is 17.0. The molecule has 2 aliphatic carbocycles. The molecule has 7 rings (SSSR count). The summed E-state index contributed by atoms with van der Waals surface area (Å²) in [5, 5.41) is 1.16. The first-order valence-corrected chi connectivity index (χ1v) is 19.5. The van der Waals surface area contributed by atoms with E-state index in [0.717, 1.165) is 73.2 Å². The van der Waals surface area contributed by atoms with Crippen LogP contribution in [-0.4, -0.2) is 103 Å². The van der Waals surface area contributed by atoms with Crippen molar-refractivity contribution in [1.29, 1.82) is 0 Å². The maximum atomic E-state index is 13.7. The maximum Gasteiger partial charge on any atom is 0.410 e. The van der Waals surface area contributed by atoms with Crippen LogP contribution in [0.15, 0.2) is 36.4 Å². The summed E-state index contributed by atoms with van der Waals surface area (Å²) in [6.07, 6.45) is 6.39. The van der Waals surface area contributed by atoms with Crippen LogP contribution in [0.25, 0.3) is 22.2 Å². The van der Waals surface area contributed by atoms with Crippen molar-refractivity contribution in [2.75, 3.05) is 60.5 Å². The van der Waals surface area contributed by atoms with Crippen molar-refractivity contribution in [1.82, 2.24) is 23.4 Å². The second kappa shape index (κ2) is 14.6. The van der Waals surface area contributed by atoms with E-state index in [1.54, 1.807) is 12.0 Å². The van der Waals surface area contributed by atoms with Crippen molar-refractivity contribution in [2.24, 2.45) is 5.41 Å². The molecule has 3 aromatic rings. The van der Waals surface area contributed by atoms with Crippen LogP contribution in [0.5, 0.6) is 5.75 Å². The number of hydrogen-bond acceptors (Lipinski definition) is 9. The fourth-order valence-electron chi connectivity index (χ4n) is 8.60. The number of aromatic nitrogens is 1. The van der Waals surface area contributed by atoms with Gasteiger partial charge >= 0.3 is 12.1 Å². The van der Waals surface area contributed by atoms with E-state index in [9.17, 15) is 14.4 Å². The first-order valence-electron chi connectivity index (χ1n) is 18.7. The third-order valence-corrected chi connectivity index (χ3v) is 12.2. The zero-order chi connectivity index (χ0) is 36.8. The summed E-state index contributed by atoms with van der Waals surface area (Å²) in [6.45, 7) is 10.6. The average Bonchev–Trinajstić information content (AvgIpc) is 3.82. The minimum Gasteiger partial charge on any atom is -0.497 e. The molecule has 11 nitrogen and oxygen atoms in total. The highest BCUT2D eigenvalue weighted by Gasteiger charge is 2.64. The smallest absolute Gasteiger partial charge is 0.410 e. The number of esters is 1. The van der Waals surface area contributed by atoms with Gasteiger partial charge in [0, 0.05) is 85.9 Å². The molecule has 2 aliphatic heterocycles. The molecule has 52 heavy (non-hydrogen) atoms. The molecule has 3 heterocycles. The molecule has 0 bridgehead atoms. The van der Waals surface area contributed by atoms with E-state index in [1.165, 1.54) is 49.8 Å². The Morgan fingerprint density at radius 1 is 1.00 bits per heavy atom. The Labute approximate surface area is 311 Å². The number of benzene rings is 2. The Morgan fingerprint density at radius 2 is 1.75 bits per heavy atom. The Bertz CT molecular complexity index is 1840. The SMILES string of the molecule is COC(=O)C12CC1c1cc(OC)ccc1-c1c(C3CCCCC3)c3ccc(C(=O)NSN(C)CCN4CCN(C(=O)OC(C)(C)C)CC4)cc3n1C2. The molecule has 1 N–H and O–H groups in total. The zero-order valence-electron chi connectivity index (χ0n) is 31.5. The van der Waals surface area contributed by atoms with Gasteiger partial charge in [0.1, 0.15) is 11.4 Å². The standard InChI is InChI=1S/C40H53N5O6S/c1-39(2,3)51-38(48)44-20-18-43(19-21-44)17-16-42(4)52-41-36(46)27-12-14-30-33(22-27)45-25-40(37(47)50-6)24-32(40)31-23-28(49-5)13-15-29(31)35(45)34(30)26-10-8-7-9-11-26/h12-15,22-23,26,32H,7-11,16-21,24-25H2,1-6H3,(H,41,46). The number of carbonyl (C=O) groups excluding carboxylic acids is 3. The lowest BCUT2D eigenvalue weighted by atomic mass is 9.81. The molecule has 280 valence electrons. The number of ether oxygens (including phenoxy) is 3. The summed E-state index contributed by atoms with van der Waals surface area (Å²) in [5.74, 6) is 0.903. The van der Waals surface area contributed by atoms with Crippen molar-refractivity contribution < 1.29 is 28.6 Å². The lowest BCUT2D eigenvalue weighted by molar-refractivity contribution is -0.147. The monoisotopic (exact) mass is 731 g/mol. The third-order valence-electron chi connectivity index (χ3n) is 11.4. The summed E-state index contributed by atoms with van der Waals surface area (Å²) in [6, 6.07) is 12.4. The van der Waals surface area contributed by atoms with Crippen LogP contribution in [0.3, 0.4) is 0 Å². The summed E-state index contributed by atoms with van der Waals surface area (Å²) in [4.78, 5) is 43.7. The van der Waals surface area contributed by atoms with Gasteiger partial charge in [0.05, 0.1) is 25.3 Å². The molecule has 2 saturated carbocycles. The molecule has 1 aromatic heterocycles. The lowest BCUT2D eigenvalue weighted by Gasteiger charge is -2.36. The molecule has 1 saturated heterocycles. The van der Waals surface area contributed by atoms with Gasteiger partial charge in [-0.3, -0.25) is 19.2 Å². The molecule has 2 unspecified atom stereocenters. The molecule has 2 amide bonds. The normalized spacial score (nSPS) is 21.9. The highest BCUT2D eigenvalue weighted by molar-refractivity contribution is 7.95. The maximum absolute atomic E-state index is 13.7. The molecular formula is C40H53N5O6S. The van der Waals surface area contributed by atoms with Crippen LogP contribution >= 0.6 is 12.1 Å². The number of fused-ring (bicyclic) bond motifs is 7. The summed E-state index contributed by atoms with van der Waals surface area (Å²) >= 11 is 1.30. The van der Waals surface area contributed by atoms with E-state index >= 15 is 0 Å². The van der Waals surface area contributed by atoms with Gasteiger partial charge in [-0.1, -0.05) is 25.3 Å². The minimum absolute atomic E-state index is 0.0477. The van der Waals surface area contributed by atoms with Crippen molar-refractivity contribution in [2.45, 2.75) is 83.3 Å². The molecular weight excluding hydrogens is 679 g/mol. The van der Waals surface area contributed by atoms with Crippen LogP contribution in [0, 0.1) is 5.41 Å². The largest absolute Gasteiger partial charge is 0.497 e. The highest BCUT2D eigenvalue weighted by Crippen LogP contribution is 2.66. The van der Waals surface area contributed by atoms with Crippen LogP contribution in [-0.2, 0) is 20.8 Å². The Balaban J connectivity index is 1.10. The predicted molar refractivity (Wildman–Crippen MR) is 203 cm³/mol. The van der Waals surface area contributed by atoms with Crippen LogP contribution in [0.2, 0.25) is 0 Å². The Kier molecular flexibility index (Phi) is 10.3. The molecule has 0 spiro atoms. The summed E-state index contributed by atoms with van der Waals surface area (Å²) in [7, 11) is 5.14. The quantitative estimate of drug-likeness (QED) is 0.188. The third kappa shape index (κ3) is 7.13. The van der Waals surface area contributed by atoms with Crippen molar-refractivity contribution >= 4 is 41.0 Å². The molecule has 2 aromatic carbocycles. The highest BCUT2D eigenvalue weighted by atomic mass is 32.2. The topological polar surface area (TPSA) is 106 Å². The zero-order valence-corrected chi connectivity index (χ0v) is 32.3. The van der Waals surface area contributed by atoms with E-state index in [2.05, 4.69) is 32.4 Å². The van der Waals surface area contributed by atoms with Crippen molar-refractivity contribution in [3.63, 3.8) is 0 Å². The first kappa shape index (κ1) is 36.6. The number of nitrogens with zero attached hydrogens (tertiary/aromatic N) is 4. The fraction of sp³-hybridized carbons (Fsp3) is 0.575. The summed E-state index contributed by atoms with van der Waals surface area (Å²) in [5.41, 5.74) is 5.23. The van der Waals surface area contributed by atoms with E-state index in [4.69, 9.17) is 14.2 Å². The van der Waals surface area contributed by atoms with E-state index in [-0.39, 0.29) is 23.9 Å². The predicted octanol–water partition coefficient (Wildman–Crippen LogP) is 6.80. The molecule has 4 aliphatic rings. The first-order chi connectivity index (χ1) is 24.9. The molecule has 0 radical (unpaired) electrons. The number of nitrogens with one attached hydrogen (secondary N) is 1. The van der Waals surface area contributed by atoms with E-state index in [1.807, 2.05) is 50.3 Å². The van der Waals surface area contributed by atoms with Gasteiger partial charge in [-0.2, -0.15) is 0 Å². The van der Waals surface area contributed by atoms with Gasteiger partial charge in [0.2, 0.25) is 0 Å². The van der Waals surface area contributed by atoms with E-state index in [0.29, 0.717) is 31.1 Å². The lowest BCUT2D eigenvalue weighted by Crippen LogP contribution is -2.51. The second-order valence-electron chi connectivity index (χ2n) is 16.0. The minimum atomic E-state index is -0.657. The number of hydrogen-bond donors (Lipinski definition) is 1.